The second-order valence-corrected chi connectivity index (χ2v) is 4.96. The van der Waals surface area contributed by atoms with E-state index in [1.54, 1.807) is 7.11 Å². The third-order valence-electron chi connectivity index (χ3n) is 3.57. The highest BCUT2D eigenvalue weighted by molar-refractivity contribution is 5.37. The third kappa shape index (κ3) is 5.21. The van der Waals surface area contributed by atoms with Crippen LogP contribution in [-0.4, -0.2) is 27.2 Å². The Morgan fingerprint density at radius 3 is 2.58 bits per heavy atom. The maximum absolute atomic E-state index is 5.42. The van der Waals surface area contributed by atoms with E-state index in [0.717, 1.165) is 31.8 Å². The normalized spacial score (nSPS) is 12.4. The highest BCUT2D eigenvalue weighted by Gasteiger charge is 2.07. The number of rotatable bonds is 9. The van der Waals surface area contributed by atoms with Crippen LogP contribution >= 0.6 is 0 Å². The minimum atomic E-state index is 0.686. The molecule has 0 aliphatic carbocycles. The summed E-state index contributed by atoms with van der Waals surface area (Å²) in [5, 5.41) is 6.79. The Morgan fingerprint density at radius 2 is 2.00 bits per heavy atom. The zero-order valence-corrected chi connectivity index (χ0v) is 12.8. The molecule has 3 heteroatoms. The van der Waals surface area contributed by atoms with Crippen LogP contribution in [0.25, 0.3) is 0 Å². The molecule has 108 valence electrons. The van der Waals surface area contributed by atoms with Crippen LogP contribution in [0, 0.1) is 5.92 Å². The van der Waals surface area contributed by atoms with E-state index in [9.17, 15) is 0 Å². The van der Waals surface area contributed by atoms with E-state index >= 15 is 0 Å². The molecule has 0 spiro atoms. The van der Waals surface area contributed by atoms with Crippen LogP contribution in [0.2, 0.25) is 0 Å². The van der Waals surface area contributed by atoms with Crippen LogP contribution in [0.5, 0.6) is 5.75 Å². The van der Waals surface area contributed by atoms with Crippen molar-refractivity contribution in [2.45, 2.75) is 33.2 Å². The van der Waals surface area contributed by atoms with Crippen molar-refractivity contribution in [3.05, 3.63) is 29.3 Å². The first-order valence-electron chi connectivity index (χ1n) is 7.26. The van der Waals surface area contributed by atoms with Gasteiger partial charge < -0.3 is 15.4 Å². The summed E-state index contributed by atoms with van der Waals surface area (Å²) in [5.41, 5.74) is 2.61. The Labute approximate surface area is 117 Å². The predicted molar refractivity (Wildman–Crippen MR) is 81.8 cm³/mol. The summed E-state index contributed by atoms with van der Waals surface area (Å²) < 4.78 is 5.42. The van der Waals surface area contributed by atoms with Gasteiger partial charge in [0.05, 0.1) is 7.11 Å². The van der Waals surface area contributed by atoms with E-state index in [4.69, 9.17) is 4.74 Å². The Balaban J connectivity index is 2.55. The lowest BCUT2D eigenvalue weighted by Gasteiger charge is -2.16. The predicted octanol–water partition coefficient (Wildman–Crippen LogP) is 2.59. The average molecular weight is 264 g/mol. The van der Waals surface area contributed by atoms with E-state index in [1.807, 2.05) is 7.05 Å². The van der Waals surface area contributed by atoms with Gasteiger partial charge >= 0.3 is 0 Å². The molecule has 2 N–H and O–H groups in total. The molecule has 0 fully saturated rings. The van der Waals surface area contributed by atoms with E-state index in [0.29, 0.717) is 5.92 Å². The number of aryl methyl sites for hydroxylation is 1. The second-order valence-electron chi connectivity index (χ2n) is 4.96. The second kappa shape index (κ2) is 8.94. The molecule has 1 aromatic rings. The molecule has 1 atom stereocenters. The number of nitrogens with one attached hydrogen (secondary N) is 2. The van der Waals surface area contributed by atoms with Gasteiger partial charge in [-0.15, -0.1) is 0 Å². The molecule has 0 heterocycles. The lowest BCUT2D eigenvalue weighted by atomic mass is 10.1. The quantitative estimate of drug-likeness (QED) is 0.719. The van der Waals surface area contributed by atoms with Crippen molar-refractivity contribution in [1.82, 2.24) is 10.6 Å². The summed E-state index contributed by atoms with van der Waals surface area (Å²) in [6.07, 6.45) is 2.26. The van der Waals surface area contributed by atoms with E-state index in [-0.39, 0.29) is 0 Å². The van der Waals surface area contributed by atoms with Gasteiger partial charge in [-0.3, -0.25) is 0 Å². The van der Waals surface area contributed by atoms with E-state index in [2.05, 4.69) is 42.7 Å². The van der Waals surface area contributed by atoms with Gasteiger partial charge in [0.2, 0.25) is 0 Å². The van der Waals surface area contributed by atoms with Gasteiger partial charge in [-0.2, -0.15) is 0 Å². The lowest BCUT2D eigenvalue weighted by Crippen LogP contribution is -2.29. The number of methoxy groups -OCH3 is 1. The molecular weight excluding hydrogens is 236 g/mol. The van der Waals surface area contributed by atoms with Crippen LogP contribution in [-0.2, 0) is 13.0 Å². The molecule has 19 heavy (non-hydrogen) atoms. The zero-order valence-electron chi connectivity index (χ0n) is 12.8. The lowest BCUT2D eigenvalue weighted by molar-refractivity contribution is 0.402. The van der Waals surface area contributed by atoms with Gasteiger partial charge in [0, 0.05) is 12.1 Å². The molecule has 3 nitrogen and oxygen atoms in total. The summed E-state index contributed by atoms with van der Waals surface area (Å²) >= 11 is 0. The van der Waals surface area contributed by atoms with Crippen LogP contribution in [0.3, 0.4) is 0 Å². The largest absolute Gasteiger partial charge is 0.496 e. The maximum Gasteiger partial charge on any atom is 0.123 e. The van der Waals surface area contributed by atoms with Crippen molar-refractivity contribution in [3.8, 4) is 5.75 Å². The molecule has 1 unspecified atom stereocenters. The number of ether oxygens (including phenoxy) is 1. The first-order chi connectivity index (χ1) is 9.24. The fourth-order valence-corrected chi connectivity index (χ4v) is 2.25. The minimum Gasteiger partial charge on any atom is -0.496 e. The monoisotopic (exact) mass is 264 g/mol. The highest BCUT2D eigenvalue weighted by atomic mass is 16.5. The van der Waals surface area contributed by atoms with Crippen LogP contribution in [0.15, 0.2) is 18.2 Å². The zero-order chi connectivity index (χ0) is 14.1. The Kier molecular flexibility index (Phi) is 7.53. The van der Waals surface area contributed by atoms with E-state index in [1.165, 1.54) is 17.5 Å². The van der Waals surface area contributed by atoms with Crippen molar-refractivity contribution in [2.24, 2.45) is 5.92 Å². The first-order valence-corrected chi connectivity index (χ1v) is 7.26. The summed E-state index contributed by atoms with van der Waals surface area (Å²) in [5.74, 6) is 1.66. The van der Waals surface area contributed by atoms with E-state index < -0.39 is 0 Å². The molecule has 0 saturated heterocycles. The van der Waals surface area contributed by atoms with Gasteiger partial charge in [-0.25, -0.2) is 0 Å². The Morgan fingerprint density at radius 1 is 1.21 bits per heavy atom. The molecule has 0 aromatic heterocycles. The molecule has 0 aliphatic rings. The summed E-state index contributed by atoms with van der Waals surface area (Å²) in [4.78, 5) is 0. The highest BCUT2D eigenvalue weighted by Crippen LogP contribution is 2.20. The molecule has 1 aromatic carbocycles. The fraction of sp³-hybridized carbons (Fsp3) is 0.625. The number of benzene rings is 1. The molecule has 0 radical (unpaired) electrons. The van der Waals surface area contributed by atoms with Gasteiger partial charge in [0.1, 0.15) is 5.75 Å². The standard InChI is InChI=1S/C16H28N2O/c1-5-13-7-8-16(19-4)15(9-13)12-18-11-14(6-2)10-17-3/h7-9,14,17-18H,5-6,10-12H2,1-4H3. The number of hydrogen-bond acceptors (Lipinski definition) is 3. The van der Waals surface area contributed by atoms with Gasteiger partial charge in [0.15, 0.2) is 0 Å². The fourth-order valence-electron chi connectivity index (χ4n) is 2.25. The van der Waals surface area contributed by atoms with Gasteiger partial charge in [-0.1, -0.05) is 32.4 Å². The molecule has 0 saturated carbocycles. The molecule has 1 rings (SSSR count). The topological polar surface area (TPSA) is 33.3 Å². The summed E-state index contributed by atoms with van der Waals surface area (Å²) in [7, 11) is 3.75. The Bertz CT molecular complexity index is 366. The maximum atomic E-state index is 5.42. The molecule has 0 bridgehead atoms. The van der Waals surface area contributed by atoms with Crippen molar-refractivity contribution < 1.29 is 4.74 Å². The van der Waals surface area contributed by atoms with Crippen molar-refractivity contribution in [3.63, 3.8) is 0 Å². The molecular formula is C16H28N2O. The minimum absolute atomic E-state index is 0.686. The summed E-state index contributed by atoms with van der Waals surface area (Å²) in [6, 6.07) is 6.45. The molecule has 0 amide bonds. The van der Waals surface area contributed by atoms with Crippen molar-refractivity contribution in [2.75, 3.05) is 27.2 Å². The van der Waals surface area contributed by atoms with Crippen LogP contribution < -0.4 is 15.4 Å². The first kappa shape index (κ1) is 16.0. The summed E-state index contributed by atoms with van der Waals surface area (Å²) in [6.45, 7) is 7.39. The smallest absolute Gasteiger partial charge is 0.123 e. The average Bonchev–Trinajstić information content (AvgIpc) is 2.46. The van der Waals surface area contributed by atoms with Gasteiger partial charge in [-0.05, 0) is 44.1 Å². The molecule has 0 aliphatic heterocycles. The van der Waals surface area contributed by atoms with Crippen LogP contribution in [0.1, 0.15) is 31.4 Å². The van der Waals surface area contributed by atoms with Crippen molar-refractivity contribution >= 4 is 0 Å². The van der Waals surface area contributed by atoms with Gasteiger partial charge in [0.25, 0.3) is 0 Å². The Hall–Kier alpha value is -1.06. The SMILES string of the molecule is CCc1ccc(OC)c(CNCC(CC)CNC)c1. The van der Waals surface area contributed by atoms with Crippen molar-refractivity contribution in [1.29, 1.82) is 0 Å². The van der Waals surface area contributed by atoms with Crippen LogP contribution in [0.4, 0.5) is 0 Å². The third-order valence-corrected chi connectivity index (χ3v) is 3.57. The number of hydrogen-bond donors (Lipinski definition) is 2.